The van der Waals surface area contributed by atoms with Gasteiger partial charge in [-0.05, 0) is 36.6 Å². The number of carbonyl (C=O) groups excluding carboxylic acids is 2. The average molecular weight is 369 g/mol. The second-order valence-corrected chi connectivity index (χ2v) is 6.21. The number of nitrogen functional groups attached to an aromatic ring is 1. The van der Waals surface area contributed by atoms with Gasteiger partial charge in [0.2, 0.25) is 0 Å². The van der Waals surface area contributed by atoms with Crippen molar-refractivity contribution in [1.29, 1.82) is 0 Å². The molecular formula is C20H17ClN2O3. The van der Waals surface area contributed by atoms with Gasteiger partial charge in [0, 0.05) is 11.1 Å². The Labute approximate surface area is 155 Å². The van der Waals surface area contributed by atoms with Gasteiger partial charge < -0.3 is 15.8 Å². The molecule has 132 valence electrons. The van der Waals surface area contributed by atoms with Crippen molar-refractivity contribution in [3.8, 4) is 0 Å². The zero-order chi connectivity index (χ0) is 18.7. The summed E-state index contributed by atoms with van der Waals surface area (Å²) in [7, 11) is 0. The summed E-state index contributed by atoms with van der Waals surface area (Å²) in [5, 5.41) is 5.07. The third-order valence-electron chi connectivity index (χ3n) is 3.93. The summed E-state index contributed by atoms with van der Waals surface area (Å²) in [6, 6.07) is 17.7. The predicted molar refractivity (Wildman–Crippen MR) is 103 cm³/mol. The summed E-state index contributed by atoms with van der Waals surface area (Å²) in [5.74, 6) is -1.06. The van der Waals surface area contributed by atoms with E-state index in [-0.39, 0.29) is 11.3 Å². The number of hydrogen-bond acceptors (Lipinski definition) is 4. The van der Waals surface area contributed by atoms with Gasteiger partial charge >= 0.3 is 5.97 Å². The number of carbonyl (C=O) groups is 2. The lowest BCUT2D eigenvalue weighted by atomic mass is 10.1. The van der Waals surface area contributed by atoms with Crippen molar-refractivity contribution in [2.45, 2.75) is 13.0 Å². The number of hydrogen-bond donors (Lipinski definition) is 2. The smallest absolute Gasteiger partial charge is 0.338 e. The molecule has 3 N–H and O–H groups in total. The predicted octanol–water partition coefficient (Wildman–Crippen LogP) is 4.26. The maximum absolute atomic E-state index is 12.4. The van der Waals surface area contributed by atoms with Crippen molar-refractivity contribution < 1.29 is 14.3 Å². The van der Waals surface area contributed by atoms with Crippen molar-refractivity contribution in [1.82, 2.24) is 0 Å². The first-order valence-corrected chi connectivity index (χ1v) is 8.38. The van der Waals surface area contributed by atoms with Gasteiger partial charge in [0.1, 0.15) is 0 Å². The highest BCUT2D eigenvalue weighted by atomic mass is 35.5. The fraction of sp³-hybridized carbons (Fsp3) is 0.100. The maximum atomic E-state index is 12.4. The normalized spacial score (nSPS) is 11.8. The van der Waals surface area contributed by atoms with Gasteiger partial charge in [-0.2, -0.15) is 0 Å². The third kappa shape index (κ3) is 3.78. The molecule has 26 heavy (non-hydrogen) atoms. The molecule has 0 aromatic heterocycles. The van der Waals surface area contributed by atoms with E-state index in [9.17, 15) is 9.59 Å². The van der Waals surface area contributed by atoms with E-state index in [0.29, 0.717) is 10.7 Å². The third-order valence-corrected chi connectivity index (χ3v) is 4.28. The van der Waals surface area contributed by atoms with Crippen LogP contribution in [0.1, 0.15) is 17.3 Å². The minimum atomic E-state index is -0.974. The van der Waals surface area contributed by atoms with E-state index in [2.05, 4.69) is 5.32 Å². The maximum Gasteiger partial charge on any atom is 0.338 e. The molecule has 0 spiro atoms. The van der Waals surface area contributed by atoms with Gasteiger partial charge in [0.05, 0.1) is 16.3 Å². The van der Waals surface area contributed by atoms with Crippen molar-refractivity contribution in [3.63, 3.8) is 0 Å². The quantitative estimate of drug-likeness (QED) is 0.532. The molecule has 0 bridgehead atoms. The Balaban J connectivity index is 1.71. The molecule has 0 aliphatic heterocycles. The molecule has 0 saturated carbocycles. The molecule has 0 aliphatic carbocycles. The van der Waals surface area contributed by atoms with Gasteiger partial charge in [-0.25, -0.2) is 4.79 Å². The van der Waals surface area contributed by atoms with E-state index in [1.54, 1.807) is 6.07 Å². The molecule has 3 aromatic rings. The first-order valence-electron chi connectivity index (χ1n) is 8.00. The Morgan fingerprint density at radius 1 is 1.08 bits per heavy atom. The number of halogens is 1. The van der Waals surface area contributed by atoms with Crippen LogP contribution in [0.3, 0.4) is 0 Å². The van der Waals surface area contributed by atoms with Gasteiger partial charge in [-0.1, -0.05) is 48.0 Å². The van der Waals surface area contributed by atoms with E-state index in [4.69, 9.17) is 22.1 Å². The molecular weight excluding hydrogens is 352 g/mol. The Morgan fingerprint density at radius 3 is 2.58 bits per heavy atom. The zero-order valence-corrected chi connectivity index (χ0v) is 14.8. The number of nitrogens with one attached hydrogen (secondary N) is 1. The van der Waals surface area contributed by atoms with E-state index in [0.717, 1.165) is 10.8 Å². The molecule has 0 saturated heterocycles. The van der Waals surface area contributed by atoms with Gasteiger partial charge in [0.25, 0.3) is 5.91 Å². The second kappa shape index (κ2) is 7.45. The van der Waals surface area contributed by atoms with Crippen LogP contribution >= 0.6 is 11.6 Å². The van der Waals surface area contributed by atoms with Gasteiger partial charge in [-0.15, -0.1) is 0 Å². The molecule has 0 unspecified atom stereocenters. The molecule has 0 radical (unpaired) electrons. The van der Waals surface area contributed by atoms with Crippen LogP contribution in [0.2, 0.25) is 5.02 Å². The van der Waals surface area contributed by atoms with Crippen LogP contribution < -0.4 is 11.1 Å². The molecule has 3 aromatic carbocycles. The summed E-state index contributed by atoms with van der Waals surface area (Å²) < 4.78 is 5.23. The van der Waals surface area contributed by atoms with Crippen molar-refractivity contribution in [3.05, 3.63) is 71.2 Å². The number of esters is 1. The van der Waals surface area contributed by atoms with Gasteiger partial charge in [-0.3, -0.25) is 4.79 Å². The Morgan fingerprint density at radius 2 is 1.81 bits per heavy atom. The van der Waals surface area contributed by atoms with Crippen LogP contribution in [-0.4, -0.2) is 18.0 Å². The van der Waals surface area contributed by atoms with E-state index in [1.807, 2.05) is 36.4 Å². The summed E-state index contributed by atoms with van der Waals surface area (Å²) in [6.07, 6.45) is -0.974. The van der Waals surface area contributed by atoms with Crippen molar-refractivity contribution in [2.24, 2.45) is 0 Å². The van der Waals surface area contributed by atoms with Crippen LogP contribution in [-0.2, 0) is 9.53 Å². The molecule has 5 nitrogen and oxygen atoms in total. The first kappa shape index (κ1) is 17.8. The Hall–Kier alpha value is -3.05. The lowest BCUT2D eigenvalue weighted by Gasteiger charge is -2.15. The fourth-order valence-electron chi connectivity index (χ4n) is 2.52. The number of amides is 1. The highest BCUT2D eigenvalue weighted by Crippen LogP contribution is 2.23. The number of benzene rings is 3. The fourth-order valence-corrected chi connectivity index (χ4v) is 2.64. The lowest BCUT2D eigenvalue weighted by Crippen LogP contribution is -2.30. The van der Waals surface area contributed by atoms with E-state index >= 15 is 0 Å². The highest BCUT2D eigenvalue weighted by Gasteiger charge is 2.20. The summed E-state index contributed by atoms with van der Waals surface area (Å²) in [4.78, 5) is 24.6. The monoisotopic (exact) mass is 368 g/mol. The van der Waals surface area contributed by atoms with E-state index < -0.39 is 18.0 Å². The number of rotatable bonds is 4. The zero-order valence-electron chi connectivity index (χ0n) is 14.0. The molecule has 0 aliphatic rings. The average Bonchev–Trinajstić information content (AvgIpc) is 2.64. The standard InChI is InChI=1S/C20H17ClN2O3/c1-12(26-20(25)14-9-10-16(21)17(22)11-14)19(24)23-18-8-4-6-13-5-2-3-7-15(13)18/h2-12H,22H2,1H3,(H,23,24)/t12-/m1/s1. The number of anilines is 2. The minimum absolute atomic E-state index is 0.233. The van der Waals surface area contributed by atoms with Crippen molar-refractivity contribution in [2.75, 3.05) is 11.1 Å². The molecule has 1 atom stereocenters. The minimum Gasteiger partial charge on any atom is -0.449 e. The summed E-state index contributed by atoms with van der Waals surface area (Å²) in [6.45, 7) is 1.51. The van der Waals surface area contributed by atoms with Crippen LogP contribution in [0.5, 0.6) is 0 Å². The lowest BCUT2D eigenvalue weighted by molar-refractivity contribution is -0.123. The topological polar surface area (TPSA) is 81.4 Å². The largest absolute Gasteiger partial charge is 0.449 e. The van der Waals surface area contributed by atoms with Crippen LogP contribution in [0.15, 0.2) is 60.7 Å². The molecule has 6 heteroatoms. The van der Waals surface area contributed by atoms with Gasteiger partial charge in [0.15, 0.2) is 6.10 Å². The summed E-state index contributed by atoms with van der Waals surface area (Å²) >= 11 is 5.84. The number of ether oxygens (including phenoxy) is 1. The Bertz CT molecular complexity index is 982. The molecule has 3 rings (SSSR count). The molecule has 0 heterocycles. The number of fused-ring (bicyclic) bond motifs is 1. The van der Waals surface area contributed by atoms with E-state index in [1.165, 1.54) is 25.1 Å². The van der Waals surface area contributed by atoms with Crippen LogP contribution in [0, 0.1) is 0 Å². The highest BCUT2D eigenvalue weighted by molar-refractivity contribution is 6.33. The van der Waals surface area contributed by atoms with Crippen LogP contribution in [0.25, 0.3) is 10.8 Å². The second-order valence-electron chi connectivity index (χ2n) is 5.80. The molecule has 0 fully saturated rings. The van der Waals surface area contributed by atoms with Crippen molar-refractivity contribution >= 4 is 45.6 Å². The number of nitrogens with two attached hydrogens (primary N) is 1. The SMILES string of the molecule is C[C@@H](OC(=O)c1ccc(Cl)c(N)c1)C(=O)Nc1cccc2ccccc12. The first-order chi connectivity index (χ1) is 12.5. The molecule has 1 amide bonds. The Kier molecular flexibility index (Phi) is 5.09. The van der Waals surface area contributed by atoms with Crippen LogP contribution in [0.4, 0.5) is 11.4 Å². The summed E-state index contributed by atoms with van der Waals surface area (Å²) in [5.41, 5.74) is 6.85.